The predicted octanol–water partition coefficient (Wildman–Crippen LogP) is 4.25. The van der Waals surface area contributed by atoms with Crippen molar-refractivity contribution in [3.8, 4) is 0 Å². The summed E-state index contributed by atoms with van der Waals surface area (Å²) in [6.07, 6.45) is 1.07. The monoisotopic (exact) mass is 245 g/mol. The van der Waals surface area contributed by atoms with Gasteiger partial charge >= 0.3 is 0 Å². The summed E-state index contributed by atoms with van der Waals surface area (Å²) in [4.78, 5) is 1.33. The van der Waals surface area contributed by atoms with Crippen LogP contribution in [-0.2, 0) is 0 Å². The fraction of sp³-hybridized carbons (Fsp3) is 0.333. The Morgan fingerprint density at radius 1 is 1.18 bits per heavy atom. The van der Waals surface area contributed by atoms with Gasteiger partial charge in [-0.15, -0.1) is 11.3 Å². The molecule has 17 heavy (non-hydrogen) atoms. The van der Waals surface area contributed by atoms with Crippen molar-refractivity contribution in [1.82, 2.24) is 0 Å². The highest BCUT2D eigenvalue weighted by Crippen LogP contribution is 2.33. The molecule has 0 fully saturated rings. The van der Waals surface area contributed by atoms with E-state index >= 15 is 0 Å². The van der Waals surface area contributed by atoms with E-state index < -0.39 is 0 Å². The maximum Gasteiger partial charge on any atom is 0.0372 e. The van der Waals surface area contributed by atoms with Crippen molar-refractivity contribution >= 4 is 11.3 Å². The van der Waals surface area contributed by atoms with Gasteiger partial charge in [-0.1, -0.05) is 37.3 Å². The third-order valence-corrected chi connectivity index (χ3v) is 4.12. The fourth-order valence-corrected chi connectivity index (χ4v) is 3.02. The molecular weight excluding hydrogens is 226 g/mol. The molecule has 0 radical (unpaired) electrons. The molecule has 1 aromatic carbocycles. The van der Waals surface area contributed by atoms with Crippen molar-refractivity contribution in [2.24, 2.45) is 5.73 Å². The van der Waals surface area contributed by atoms with E-state index in [9.17, 15) is 0 Å². The van der Waals surface area contributed by atoms with Crippen molar-refractivity contribution in [2.75, 3.05) is 0 Å². The molecule has 90 valence electrons. The minimum absolute atomic E-state index is 0.104. The molecule has 1 heterocycles. The number of hydrogen-bond donors (Lipinski definition) is 1. The maximum absolute atomic E-state index is 6.40. The Labute approximate surface area is 107 Å². The molecule has 0 saturated heterocycles. The standard InChI is InChI=1S/C15H19NS/c1-3-14(12-7-5-4-6-8-12)15(16)13-9-11(2)17-10-13/h4-10,14-15H,3,16H2,1-2H3. The number of nitrogens with two attached hydrogens (primary N) is 1. The average Bonchev–Trinajstić information content (AvgIpc) is 2.78. The van der Waals surface area contributed by atoms with E-state index in [0.717, 1.165) is 6.42 Å². The summed E-state index contributed by atoms with van der Waals surface area (Å²) in [7, 11) is 0. The van der Waals surface area contributed by atoms with Gasteiger partial charge in [-0.25, -0.2) is 0 Å². The molecule has 0 aliphatic heterocycles. The van der Waals surface area contributed by atoms with E-state index in [-0.39, 0.29) is 6.04 Å². The van der Waals surface area contributed by atoms with Gasteiger partial charge in [0.1, 0.15) is 0 Å². The Hall–Kier alpha value is -1.12. The highest BCUT2D eigenvalue weighted by Gasteiger charge is 2.20. The molecule has 0 aliphatic carbocycles. The van der Waals surface area contributed by atoms with Crippen LogP contribution < -0.4 is 5.73 Å². The highest BCUT2D eigenvalue weighted by atomic mass is 32.1. The van der Waals surface area contributed by atoms with Gasteiger partial charge in [0.2, 0.25) is 0 Å². The van der Waals surface area contributed by atoms with E-state index in [1.54, 1.807) is 11.3 Å². The van der Waals surface area contributed by atoms with Crippen LogP contribution in [0.5, 0.6) is 0 Å². The first-order chi connectivity index (χ1) is 8.22. The van der Waals surface area contributed by atoms with Gasteiger partial charge in [0.05, 0.1) is 0 Å². The Morgan fingerprint density at radius 3 is 2.41 bits per heavy atom. The summed E-state index contributed by atoms with van der Waals surface area (Å²) in [5.74, 6) is 0.408. The molecule has 0 bridgehead atoms. The molecule has 2 aromatic rings. The Balaban J connectivity index is 2.25. The van der Waals surface area contributed by atoms with Crippen molar-refractivity contribution in [1.29, 1.82) is 0 Å². The molecule has 0 saturated carbocycles. The zero-order valence-electron chi connectivity index (χ0n) is 10.4. The predicted molar refractivity (Wildman–Crippen MR) is 75.5 cm³/mol. The summed E-state index contributed by atoms with van der Waals surface area (Å²) < 4.78 is 0. The van der Waals surface area contributed by atoms with Gasteiger partial charge in [-0.05, 0) is 35.9 Å². The van der Waals surface area contributed by atoms with Crippen LogP contribution in [0.15, 0.2) is 41.8 Å². The summed E-state index contributed by atoms with van der Waals surface area (Å²) in [5, 5.41) is 2.19. The fourth-order valence-electron chi connectivity index (χ4n) is 2.27. The topological polar surface area (TPSA) is 26.0 Å². The van der Waals surface area contributed by atoms with E-state index in [4.69, 9.17) is 5.73 Å². The lowest BCUT2D eigenvalue weighted by atomic mass is 9.87. The van der Waals surface area contributed by atoms with Crippen LogP contribution >= 0.6 is 11.3 Å². The Morgan fingerprint density at radius 2 is 1.88 bits per heavy atom. The van der Waals surface area contributed by atoms with E-state index in [0.29, 0.717) is 5.92 Å². The molecule has 2 atom stereocenters. The molecule has 0 amide bonds. The third kappa shape index (κ3) is 2.76. The van der Waals surface area contributed by atoms with E-state index in [2.05, 4.69) is 55.6 Å². The minimum atomic E-state index is 0.104. The van der Waals surface area contributed by atoms with Crippen LogP contribution in [0.4, 0.5) is 0 Å². The summed E-state index contributed by atoms with van der Waals surface area (Å²) in [5.41, 5.74) is 9.01. The lowest BCUT2D eigenvalue weighted by Crippen LogP contribution is -2.18. The third-order valence-electron chi connectivity index (χ3n) is 3.24. The maximum atomic E-state index is 6.40. The molecule has 1 aromatic heterocycles. The molecule has 0 aliphatic rings. The largest absolute Gasteiger partial charge is 0.323 e. The molecule has 2 heteroatoms. The van der Waals surface area contributed by atoms with Gasteiger partial charge < -0.3 is 5.73 Å². The van der Waals surface area contributed by atoms with Crippen molar-refractivity contribution in [2.45, 2.75) is 32.2 Å². The normalized spacial score (nSPS) is 14.5. The molecule has 0 spiro atoms. The Kier molecular flexibility index (Phi) is 3.97. The number of aryl methyl sites for hydroxylation is 1. The lowest BCUT2D eigenvalue weighted by molar-refractivity contribution is 0.540. The number of thiophene rings is 1. The second kappa shape index (κ2) is 5.48. The van der Waals surface area contributed by atoms with Crippen LogP contribution in [0.1, 0.15) is 41.3 Å². The van der Waals surface area contributed by atoms with Gasteiger partial charge in [-0.2, -0.15) is 0 Å². The Bertz CT molecular complexity index is 461. The van der Waals surface area contributed by atoms with Gasteiger partial charge in [0.25, 0.3) is 0 Å². The van der Waals surface area contributed by atoms with Crippen molar-refractivity contribution in [3.05, 3.63) is 57.8 Å². The smallest absolute Gasteiger partial charge is 0.0372 e. The first-order valence-electron chi connectivity index (χ1n) is 6.08. The zero-order valence-corrected chi connectivity index (χ0v) is 11.2. The lowest BCUT2D eigenvalue weighted by Gasteiger charge is -2.22. The first kappa shape index (κ1) is 12.3. The number of hydrogen-bond acceptors (Lipinski definition) is 2. The number of rotatable bonds is 4. The summed E-state index contributed by atoms with van der Waals surface area (Å²) in [6, 6.07) is 12.9. The average molecular weight is 245 g/mol. The van der Waals surface area contributed by atoms with Gasteiger partial charge in [0.15, 0.2) is 0 Å². The van der Waals surface area contributed by atoms with E-state index in [1.165, 1.54) is 16.0 Å². The molecule has 2 rings (SSSR count). The van der Waals surface area contributed by atoms with Crippen LogP contribution in [0.2, 0.25) is 0 Å². The quantitative estimate of drug-likeness (QED) is 0.856. The highest BCUT2D eigenvalue weighted by molar-refractivity contribution is 7.10. The summed E-state index contributed by atoms with van der Waals surface area (Å²) >= 11 is 1.78. The number of benzene rings is 1. The van der Waals surface area contributed by atoms with Crippen LogP contribution in [0.25, 0.3) is 0 Å². The van der Waals surface area contributed by atoms with Crippen molar-refractivity contribution in [3.63, 3.8) is 0 Å². The second-order valence-corrected chi connectivity index (χ2v) is 5.56. The van der Waals surface area contributed by atoms with Gasteiger partial charge in [-0.3, -0.25) is 0 Å². The van der Waals surface area contributed by atoms with Crippen LogP contribution in [0.3, 0.4) is 0 Å². The van der Waals surface area contributed by atoms with Crippen LogP contribution in [-0.4, -0.2) is 0 Å². The van der Waals surface area contributed by atoms with Crippen LogP contribution in [0, 0.1) is 6.92 Å². The molecular formula is C15H19NS. The minimum Gasteiger partial charge on any atom is -0.323 e. The second-order valence-electron chi connectivity index (χ2n) is 4.44. The molecule has 2 N–H and O–H groups in total. The molecule has 2 unspecified atom stereocenters. The SMILES string of the molecule is CCC(c1ccccc1)C(N)c1csc(C)c1. The summed E-state index contributed by atoms with van der Waals surface area (Å²) in [6.45, 7) is 4.33. The zero-order chi connectivity index (χ0) is 12.3. The molecule has 1 nitrogen and oxygen atoms in total. The van der Waals surface area contributed by atoms with E-state index in [1.807, 2.05) is 0 Å². The van der Waals surface area contributed by atoms with Crippen molar-refractivity contribution < 1.29 is 0 Å². The first-order valence-corrected chi connectivity index (χ1v) is 6.96. The van der Waals surface area contributed by atoms with Gasteiger partial charge in [0, 0.05) is 16.8 Å².